The Bertz CT molecular complexity index is 315. The zero-order valence-electron chi connectivity index (χ0n) is 9.51. The summed E-state index contributed by atoms with van der Waals surface area (Å²) in [6.07, 6.45) is 2.70. The first-order chi connectivity index (χ1) is 7.18. The number of thioether (sulfide) groups is 1. The monoisotopic (exact) mass is 225 g/mol. The SMILES string of the molecule is Cc1ccc(CNCC2(C)CCCS2)o1. The number of hydrogen-bond donors (Lipinski definition) is 1. The van der Waals surface area contributed by atoms with E-state index in [9.17, 15) is 0 Å². The normalized spacial score (nSPS) is 26.0. The molecule has 1 N–H and O–H groups in total. The van der Waals surface area contributed by atoms with Crippen molar-refractivity contribution in [3.63, 3.8) is 0 Å². The smallest absolute Gasteiger partial charge is 0.117 e. The molecule has 0 bridgehead atoms. The molecule has 15 heavy (non-hydrogen) atoms. The molecule has 84 valence electrons. The van der Waals surface area contributed by atoms with Gasteiger partial charge in [0.1, 0.15) is 11.5 Å². The van der Waals surface area contributed by atoms with E-state index in [1.165, 1.54) is 18.6 Å². The van der Waals surface area contributed by atoms with Gasteiger partial charge in [-0.1, -0.05) is 0 Å². The molecule has 0 aromatic carbocycles. The Morgan fingerprint density at radius 3 is 3.00 bits per heavy atom. The van der Waals surface area contributed by atoms with Crippen molar-refractivity contribution in [1.82, 2.24) is 5.32 Å². The lowest BCUT2D eigenvalue weighted by Crippen LogP contribution is -2.32. The van der Waals surface area contributed by atoms with Gasteiger partial charge < -0.3 is 9.73 Å². The van der Waals surface area contributed by atoms with Crippen molar-refractivity contribution in [2.24, 2.45) is 0 Å². The van der Waals surface area contributed by atoms with Crippen LogP contribution < -0.4 is 5.32 Å². The minimum Gasteiger partial charge on any atom is -0.465 e. The second-order valence-electron chi connectivity index (χ2n) is 4.52. The molecule has 2 rings (SSSR count). The van der Waals surface area contributed by atoms with Gasteiger partial charge in [-0.25, -0.2) is 0 Å². The fourth-order valence-corrected chi connectivity index (χ4v) is 3.28. The fraction of sp³-hybridized carbons (Fsp3) is 0.667. The minimum atomic E-state index is 0.446. The third-order valence-corrected chi connectivity index (χ3v) is 4.43. The van der Waals surface area contributed by atoms with Crippen LogP contribution in [0.2, 0.25) is 0 Å². The average Bonchev–Trinajstić information content (AvgIpc) is 2.76. The largest absolute Gasteiger partial charge is 0.465 e. The molecular formula is C12H19NOS. The summed E-state index contributed by atoms with van der Waals surface area (Å²) < 4.78 is 5.96. The molecule has 1 fully saturated rings. The molecule has 0 amide bonds. The van der Waals surface area contributed by atoms with Crippen LogP contribution in [0.15, 0.2) is 16.5 Å². The third-order valence-electron chi connectivity index (χ3n) is 2.89. The van der Waals surface area contributed by atoms with Gasteiger partial charge in [0.2, 0.25) is 0 Å². The summed E-state index contributed by atoms with van der Waals surface area (Å²) in [6.45, 7) is 6.27. The molecule has 1 aromatic heterocycles. The highest BCUT2D eigenvalue weighted by molar-refractivity contribution is 8.00. The molecule has 2 heterocycles. The maximum absolute atomic E-state index is 5.51. The molecule has 0 saturated carbocycles. The van der Waals surface area contributed by atoms with Crippen LogP contribution in [0.1, 0.15) is 31.3 Å². The molecule has 1 aliphatic heterocycles. The van der Waals surface area contributed by atoms with E-state index in [4.69, 9.17) is 4.42 Å². The Kier molecular flexibility index (Phi) is 3.42. The van der Waals surface area contributed by atoms with Gasteiger partial charge in [-0.05, 0) is 44.6 Å². The predicted molar refractivity (Wildman–Crippen MR) is 65.2 cm³/mol. The standard InChI is InChI=1S/C12H19NOS/c1-10-4-5-11(14-10)8-13-9-12(2)6-3-7-15-12/h4-5,13H,3,6-9H2,1-2H3. The first kappa shape index (κ1) is 11.1. The van der Waals surface area contributed by atoms with Crippen molar-refractivity contribution in [3.05, 3.63) is 23.7 Å². The zero-order chi connectivity index (χ0) is 10.7. The van der Waals surface area contributed by atoms with Crippen LogP contribution in [0.5, 0.6) is 0 Å². The van der Waals surface area contributed by atoms with E-state index in [1.807, 2.05) is 19.1 Å². The zero-order valence-corrected chi connectivity index (χ0v) is 10.3. The van der Waals surface area contributed by atoms with Gasteiger partial charge in [-0.2, -0.15) is 11.8 Å². The highest BCUT2D eigenvalue weighted by Gasteiger charge is 2.28. The van der Waals surface area contributed by atoms with Crippen molar-refractivity contribution in [3.8, 4) is 0 Å². The Labute approximate surface area is 95.8 Å². The van der Waals surface area contributed by atoms with Crippen LogP contribution in [-0.4, -0.2) is 17.0 Å². The molecule has 0 spiro atoms. The van der Waals surface area contributed by atoms with Gasteiger partial charge in [0.25, 0.3) is 0 Å². The topological polar surface area (TPSA) is 25.2 Å². The Morgan fingerprint density at radius 2 is 2.40 bits per heavy atom. The van der Waals surface area contributed by atoms with Gasteiger partial charge in [0, 0.05) is 11.3 Å². The number of hydrogen-bond acceptors (Lipinski definition) is 3. The van der Waals surface area contributed by atoms with E-state index in [-0.39, 0.29) is 0 Å². The van der Waals surface area contributed by atoms with Crippen molar-refractivity contribution < 1.29 is 4.42 Å². The van der Waals surface area contributed by atoms with Crippen LogP contribution >= 0.6 is 11.8 Å². The van der Waals surface area contributed by atoms with E-state index in [0.29, 0.717) is 4.75 Å². The molecule has 2 nitrogen and oxygen atoms in total. The van der Waals surface area contributed by atoms with Gasteiger partial charge in [-0.3, -0.25) is 0 Å². The van der Waals surface area contributed by atoms with E-state index in [2.05, 4.69) is 24.0 Å². The summed E-state index contributed by atoms with van der Waals surface area (Å²) in [6, 6.07) is 4.06. The number of rotatable bonds is 4. The first-order valence-electron chi connectivity index (χ1n) is 5.58. The maximum atomic E-state index is 5.51. The molecular weight excluding hydrogens is 206 g/mol. The average molecular weight is 225 g/mol. The molecule has 1 atom stereocenters. The molecule has 1 aliphatic rings. The van der Waals surface area contributed by atoms with E-state index in [0.717, 1.165) is 24.6 Å². The summed E-state index contributed by atoms with van der Waals surface area (Å²) in [5, 5.41) is 3.48. The van der Waals surface area contributed by atoms with Crippen LogP contribution in [0, 0.1) is 6.92 Å². The minimum absolute atomic E-state index is 0.446. The van der Waals surface area contributed by atoms with Gasteiger partial charge in [-0.15, -0.1) is 0 Å². The molecule has 1 unspecified atom stereocenters. The second kappa shape index (κ2) is 4.62. The van der Waals surface area contributed by atoms with Crippen molar-refractivity contribution in [1.29, 1.82) is 0 Å². The summed E-state index contributed by atoms with van der Waals surface area (Å²) in [5.74, 6) is 3.35. The lowest BCUT2D eigenvalue weighted by atomic mass is 10.1. The van der Waals surface area contributed by atoms with Crippen molar-refractivity contribution >= 4 is 11.8 Å². The summed E-state index contributed by atoms with van der Waals surface area (Å²) in [4.78, 5) is 0. The third kappa shape index (κ3) is 3.02. The summed E-state index contributed by atoms with van der Waals surface area (Å²) in [7, 11) is 0. The Morgan fingerprint density at radius 1 is 1.53 bits per heavy atom. The highest BCUT2D eigenvalue weighted by atomic mass is 32.2. The number of furan rings is 1. The summed E-state index contributed by atoms with van der Waals surface area (Å²) >= 11 is 2.09. The first-order valence-corrected chi connectivity index (χ1v) is 6.57. The van der Waals surface area contributed by atoms with Crippen LogP contribution in [0.4, 0.5) is 0 Å². The van der Waals surface area contributed by atoms with Crippen molar-refractivity contribution in [2.45, 2.75) is 38.0 Å². The number of nitrogens with one attached hydrogen (secondary N) is 1. The van der Waals surface area contributed by atoms with Crippen LogP contribution in [0.3, 0.4) is 0 Å². The predicted octanol–water partition coefficient (Wildman–Crippen LogP) is 2.96. The van der Waals surface area contributed by atoms with Crippen LogP contribution in [-0.2, 0) is 6.54 Å². The second-order valence-corrected chi connectivity index (χ2v) is 6.20. The van der Waals surface area contributed by atoms with Gasteiger partial charge >= 0.3 is 0 Å². The molecule has 1 saturated heterocycles. The highest BCUT2D eigenvalue weighted by Crippen LogP contribution is 2.36. The number of aryl methyl sites for hydroxylation is 1. The summed E-state index contributed by atoms with van der Waals surface area (Å²) in [5.41, 5.74) is 0. The lowest BCUT2D eigenvalue weighted by molar-refractivity contribution is 0.448. The quantitative estimate of drug-likeness (QED) is 0.853. The lowest BCUT2D eigenvalue weighted by Gasteiger charge is -2.22. The molecule has 1 aromatic rings. The van der Waals surface area contributed by atoms with Crippen LogP contribution in [0.25, 0.3) is 0 Å². The maximum Gasteiger partial charge on any atom is 0.117 e. The van der Waals surface area contributed by atoms with E-state index < -0.39 is 0 Å². The molecule has 3 heteroatoms. The van der Waals surface area contributed by atoms with Gasteiger partial charge in [0.15, 0.2) is 0 Å². The molecule has 0 radical (unpaired) electrons. The van der Waals surface area contributed by atoms with E-state index in [1.54, 1.807) is 0 Å². The Balaban J connectivity index is 1.75. The molecule has 0 aliphatic carbocycles. The van der Waals surface area contributed by atoms with Crippen molar-refractivity contribution in [2.75, 3.05) is 12.3 Å². The fourth-order valence-electron chi connectivity index (χ4n) is 2.01. The van der Waals surface area contributed by atoms with E-state index >= 15 is 0 Å². The van der Waals surface area contributed by atoms with Gasteiger partial charge in [0.05, 0.1) is 6.54 Å². The Hall–Kier alpha value is -0.410.